The van der Waals surface area contributed by atoms with Crippen molar-refractivity contribution in [1.82, 2.24) is 5.32 Å². The minimum atomic E-state index is -0.516. The van der Waals surface area contributed by atoms with Crippen LogP contribution in [-0.4, -0.2) is 17.9 Å². The molecule has 0 spiro atoms. The summed E-state index contributed by atoms with van der Waals surface area (Å²) in [6, 6.07) is 17.6. The average molecular weight is 432 g/mol. The lowest BCUT2D eigenvalue weighted by molar-refractivity contribution is -0.143. The van der Waals surface area contributed by atoms with Gasteiger partial charge in [0.1, 0.15) is 12.4 Å². The highest BCUT2D eigenvalue weighted by Gasteiger charge is 2.40. The van der Waals surface area contributed by atoms with Gasteiger partial charge in [-0.15, -0.1) is 0 Å². The number of Topliss-reactive ketones (excluding diaryl/α,β-unsaturated/α-hetero) is 1. The lowest BCUT2D eigenvalue weighted by atomic mass is 9.75. The molecule has 0 saturated carbocycles. The molecule has 1 N–H and O–H groups in total. The van der Waals surface area contributed by atoms with Crippen LogP contribution in [0.1, 0.15) is 57.1 Å². The molecule has 0 fully saturated rings. The van der Waals surface area contributed by atoms with Crippen molar-refractivity contribution in [3.05, 3.63) is 88.3 Å². The lowest BCUT2D eigenvalue weighted by Gasteiger charge is -2.35. The number of dihydropyridines is 1. The normalized spacial score (nSPS) is 18.4. The topological polar surface area (TPSA) is 64.6 Å². The number of ketones is 1. The molecule has 32 heavy (non-hydrogen) atoms. The van der Waals surface area contributed by atoms with E-state index in [1.807, 2.05) is 75.4 Å². The summed E-state index contributed by atoms with van der Waals surface area (Å²) in [5.41, 5.74) is 4.63. The third-order valence-electron chi connectivity index (χ3n) is 5.81. The fourth-order valence-corrected chi connectivity index (χ4v) is 4.43. The van der Waals surface area contributed by atoms with Crippen LogP contribution >= 0.6 is 0 Å². The first-order valence-electron chi connectivity index (χ1n) is 11.2. The lowest BCUT2D eigenvalue weighted by Crippen LogP contribution is -2.35. The molecule has 166 valence electrons. The molecule has 2 aromatic rings. The zero-order chi connectivity index (χ0) is 22.7. The number of nitrogens with one attached hydrogen (secondary N) is 1. The number of hydrogen-bond donors (Lipinski definition) is 1. The predicted molar refractivity (Wildman–Crippen MR) is 123 cm³/mol. The van der Waals surface area contributed by atoms with Gasteiger partial charge in [0.05, 0.1) is 17.6 Å². The van der Waals surface area contributed by atoms with E-state index in [-0.39, 0.29) is 11.9 Å². The largest absolute Gasteiger partial charge is 0.489 e. The minimum absolute atomic E-state index is 0.0731. The van der Waals surface area contributed by atoms with Crippen LogP contribution in [0.25, 0.3) is 0 Å². The number of hydrogen-bond acceptors (Lipinski definition) is 5. The average Bonchev–Trinajstić information content (AvgIpc) is 2.77. The number of carbonyl (C=O) groups excluding carboxylic acids is 2. The van der Waals surface area contributed by atoms with Crippen molar-refractivity contribution in [2.24, 2.45) is 0 Å². The van der Waals surface area contributed by atoms with Gasteiger partial charge in [0.25, 0.3) is 0 Å². The van der Waals surface area contributed by atoms with Crippen LogP contribution in [0.15, 0.2) is 77.1 Å². The second-order valence-corrected chi connectivity index (χ2v) is 8.53. The molecule has 2 aliphatic rings. The first kappa shape index (κ1) is 21.9. The first-order chi connectivity index (χ1) is 15.5. The quantitative estimate of drug-likeness (QED) is 0.638. The Bertz CT molecular complexity index is 1080. The Morgan fingerprint density at radius 3 is 2.53 bits per heavy atom. The molecule has 1 unspecified atom stereocenters. The van der Waals surface area contributed by atoms with Crippen LogP contribution in [0.2, 0.25) is 0 Å². The molecule has 4 rings (SSSR count). The first-order valence-corrected chi connectivity index (χ1v) is 11.2. The van der Waals surface area contributed by atoms with Gasteiger partial charge in [-0.3, -0.25) is 4.79 Å². The second kappa shape index (κ2) is 9.43. The molecule has 0 radical (unpaired) electrons. The van der Waals surface area contributed by atoms with Crippen molar-refractivity contribution in [3.8, 4) is 5.75 Å². The van der Waals surface area contributed by atoms with Crippen LogP contribution in [0, 0.1) is 0 Å². The molecular weight excluding hydrogens is 402 g/mol. The summed E-state index contributed by atoms with van der Waals surface area (Å²) in [7, 11) is 0. The van der Waals surface area contributed by atoms with E-state index in [0.29, 0.717) is 29.9 Å². The fraction of sp³-hybridized carbons (Fsp3) is 0.333. The molecular formula is C27H29NO4. The number of allylic oxidation sites excluding steroid dienone is 3. The van der Waals surface area contributed by atoms with Gasteiger partial charge in [-0.2, -0.15) is 0 Å². The molecule has 1 aliphatic carbocycles. The fourth-order valence-electron chi connectivity index (χ4n) is 4.43. The van der Waals surface area contributed by atoms with Crippen LogP contribution in [0.4, 0.5) is 0 Å². The van der Waals surface area contributed by atoms with Crippen LogP contribution in [0.3, 0.4) is 0 Å². The summed E-state index contributed by atoms with van der Waals surface area (Å²) in [5.74, 6) is -0.185. The number of rotatable bonds is 6. The number of esters is 1. The second-order valence-electron chi connectivity index (χ2n) is 8.53. The van der Waals surface area contributed by atoms with Gasteiger partial charge in [-0.25, -0.2) is 4.79 Å². The standard InChI is InChI=1S/C27H29NO4/c1-17(2)32-27(30)24-18(3)28-21-13-9-14-22(29)26(21)25(24)20-12-7-8-15-23(20)31-16-19-10-5-4-6-11-19/h4-8,10-12,15,17,25,28H,9,13-14,16H2,1-3H3. The molecule has 2 aromatic carbocycles. The highest BCUT2D eigenvalue weighted by Crippen LogP contribution is 2.45. The van der Waals surface area contributed by atoms with E-state index in [0.717, 1.165) is 35.4 Å². The number of ether oxygens (including phenoxy) is 2. The molecule has 1 aliphatic heterocycles. The predicted octanol–water partition coefficient (Wildman–Crippen LogP) is 5.19. The van der Waals surface area contributed by atoms with Gasteiger partial charge in [-0.05, 0) is 45.2 Å². The molecule has 0 amide bonds. The van der Waals surface area contributed by atoms with Crippen molar-refractivity contribution in [3.63, 3.8) is 0 Å². The minimum Gasteiger partial charge on any atom is -0.489 e. The SMILES string of the molecule is CC1=C(C(=O)OC(C)C)C(c2ccccc2OCc2ccccc2)C2=C(CCCC2=O)N1. The molecule has 0 aromatic heterocycles. The van der Waals surface area contributed by atoms with Gasteiger partial charge in [0.2, 0.25) is 0 Å². The maximum atomic E-state index is 13.2. The third-order valence-corrected chi connectivity index (χ3v) is 5.81. The Morgan fingerprint density at radius 2 is 1.78 bits per heavy atom. The van der Waals surface area contributed by atoms with Gasteiger partial charge < -0.3 is 14.8 Å². The molecule has 0 bridgehead atoms. The third kappa shape index (κ3) is 4.47. The maximum Gasteiger partial charge on any atom is 0.337 e. The highest BCUT2D eigenvalue weighted by molar-refractivity contribution is 6.04. The molecule has 0 saturated heterocycles. The number of para-hydroxylation sites is 1. The summed E-state index contributed by atoms with van der Waals surface area (Å²) in [6.45, 7) is 5.93. The van der Waals surface area contributed by atoms with E-state index in [9.17, 15) is 9.59 Å². The molecule has 5 nitrogen and oxygen atoms in total. The van der Waals surface area contributed by atoms with Gasteiger partial charge in [0, 0.05) is 29.0 Å². The van der Waals surface area contributed by atoms with Crippen molar-refractivity contribution in [2.45, 2.75) is 58.7 Å². The van der Waals surface area contributed by atoms with Gasteiger partial charge in [0.15, 0.2) is 5.78 Å². The summed E-state index contributed by atoms with van der Waals surface area (Å²) in [6.07, 6.45) is 1.82. The van der Waals surface area contributed by atoms with Gasteiger partial charge in [-0.1, -0.05) is 48.5 Å². The summed E-state index contributed by atoms with van der Waals surface area (Å²) >= 11 is 0. The molecule has 5 heteroatoms. The van der Waals surface area contributed by atoms with Crippen molar-refractivity contribution >= 4 is 11.8 Å². The Kier molecular flexibility index (Phi) is 6.45. The molecule has 1 heterocycles. The Hall–Kier alpha value is -3.34. The molecule has 1 atom stereocenters. The van der Waals surface area contributed by atoms with Crippen LogP contribution < -0.4 is 10.1 Å². The Labute approximate surface area is 189 Å². The number of carbonyl (C=O) groups is 2. The van der Waals surface area contributed by atoms with Crippen LogP contribution in [-0.2, 0) is 20.9 Å². The van der Waals surface area contributed by atoms with E-state index in [4.69, 9.17) is 9.47 Å². The van der Waals surface area contributed by atoms with Crippen molar-refractivity contribution < 1.29 is 19.1 Å². The van der Waals surface area contributed by atoms with E-state index in [1.165, 1.54) is 0 Å². The maximum absolute atomic E-state index is 13.2. The highest BCUT2D eigenvalue weighted by atomic mass is 16.5. The Balaban J connectivity index is 1.78. The van der Waals surface area contributed by atoms with Crippen LogP contribution in [0.5, 0.6) is 5.75 Å². The summed E-state index contributed by atoms with van der Waals surface area (Å²) in [5, 5.41) is 3.33. The van der Waals surface area contributed by atoms with E-state index in [2.05, 4.69) is 5.32 Å². The van der Waals surface area contributed by atoms with Crippen molar-refractivity contribution in [2.75, 3.05) is 0 Å². The summed E-state index contributed by atoms with van der Waals surface area (Å²) < 4.78 is 11.8. The van der Waals surface area contributed by atoms with Gasteiger partial charge >= 0.3 is 5.97 Å². The summed E-state index contributed by atoms with van der Waals surface area (Å²) in [4.78, 5) is 26.3. The zero-order valence-electron chi connectivity index (χ0n) is 18.8. The monoisotopic (exact) mass is 431 g/mol. The zero-order valence-corrected chi connectivity index (χ0v) is 18.8. The van der Waals surface area contributed by atoms with E-state index >= 15 is 0 Å². The van der Waals surface area contributed by atoms with Crippen molar-refractivity contribution in [1.29, 1.82) is 0 Å². The van der Waals surface area contributed by atoms with E-state index in [1.54, 1.807) is 0 Å². The van der Waals surface area contributed by atoms with E-state index < -0.39 is 11.9 Å². The number of benzene rings is 2. The Morgan fingerprint density at radius 1 is 1.06 bits per heavy atom. The smallest absolute Gasteiger partial charge is 0.337 e.